The van der Waals surface area contributed by atoms with Crippen molar-refractivity contribution in [2.75, 3.05) is 47.8 Å². The minimum absolute atomic E-state index is 0. The van der Waals surface area contributed by atoms with Gasteiger partial charge in [0.25, 0.3) is 0 Å². The molecular formula is C21H42IN5O. The number of hydrogen-bond acceptors (Lipinski definition) is 3. The van der Waals surface area contributed by atoms with E-state index < -0.39 is 0 Å². The van der Waals surface area contributed by atoms with Crippen LogP contribution in [-0.4, -0.2) is 75.5 Å². The summed E-state index contributed by atoms with van der Waals surface area (Å²) in [4.78, 5) is 21.3. The van der Waals surface area contributed by atoms with Gasteiger partial charge in [0.15, 0.2) is 5.96 Å². The Labute approximate surface area is 189 Å². The number of amides is 1. The molecular weight excluding hydrogens is 465 g/mol. The van der Waals surface area contributed by atoms with Crippen molar-refractivity contribution >= 4 is 35.8 Å². The van der Waals surface area contributed by atoms with Gasteiger partial charge in [-0.05, 0) is 45.7 Å². The molecule has 6 nitrogen and oxygen atoms in total. The second kappa shape index (κ2) is 12.9. The van der Waals surface area contributed by atoms with Crippen LogP contribution in [-0.2, 0) is 4.79 Å². The number of hydrogen-bond donors (Lipinski definition) is 2. The second-order valence-corrected chi connectivity index (χ2v) is 8.67. The summed E-state index contributed by atoms with van der Waals surface area (Å²) < 4.78 is 0. The van der Waals surface area contributed by atoms with Gasteiger partial charge in [-0.1, -0.05) is 32.1 Å². The van der Waals surface area contributed by atoms with Crippen LogP contribution < -0.4 is 10.6 Å². The zero-order valence-electron chi connectivity index (χ0n) is 18.4. The minimum atomic E-state index is -0.262. The molecule has 2 aliphatic rings. The Morgan fingerprint density at radius 1 is 1.04 bits per heavy atom. The van der Waals surface area contributed by atoms with Gasteiger partial charge in [0, 0.05) is 40.3 Å². The summed E-state index contributed by atoms with van der Waals surface area (Å²) in [5.74, 6) is 1.06. The van der Waals surface area contributed by atoms with E-state index in [1.54, 1.807) is 11.9 Å². The first kappa shape index (κ1) is 25.5. The average Bonchev–Trinajstić information content (AvgIpc) is 3.17. The van der Waals surface area contributed by atoms with Gasteiger partial charge in [0.05, 0.1) is 5.41 Å². The first-order valence-corrected chi connectivity index (χ1v) is 10.8. The van der Waals surface area contributed by atoms with Crippen LogP contribution in [0.25, 0.3) is 0 Å². The fourth-order valence-electron chi connectivity index (χ4n) is 4.71. The van der Waals surface area contributed by atoms with Crippen LogP contribution in [0.3, 0.4) is 0 Å². The van der Waals surface area contributed by atoms with Crippen molar-refractivity contribution in [3.63, 3.8) is 0 Å². The number of guanidine groups is 1. The van der Waals surface area contributed by atoms with E-state index in [9.17, 15) is 4.79 Å². The van der Waals surface area contributed by atoms with Gasteiger partial charge < -0.3 is 20.4 Å². The van der Waals surface area contributed by atoms with E-state index in [0.29, 0.717) is 6.54 Å². The maximum absolute atomic E-state index is 12.7. The molecule has 0 aromatic carbocycles. The Morgan fingerprint density at radius 2 is 1.68 bits per heavy atom. The lowest BCUT2D eigenvalue weighted by Gasteiger charge is -2.32. The molecule has 0 aromatic rings. The van der Waals surface area contributed by atoms with Crippen LogP contribution in [0.2, 0.25) is 0 Å². The molecule has 0 heterocycles. The lowest BCUT2D eigenvalue weighted by atomic mass is 9.84. The summed E-state index contributed by atoms with van der Waals surface area (Å²) in [6.45, 7) is 2.70. The Morgan fingerprint density at radius 3 is 2.25 bits per heavy atom. The summed E-state index contributed by atoms with van der Waals surface area (Å²) in [7, 11) is 7.79. The zero-order chi connectivity index (χ0) is 19.7. The summed E-state index contributed by atoms with van der Waals surface area (Å²) in [6, 6.07) is 0.774. The summed E-state index contributed by atoms with van der Waals surface area (Å²) in [5.41, 5.74) is -0.262. The molecule has 0 unspecified atom stereocenters. The summed E-state index contributed by atoms with van der Waals surface area (Å²) >= 11 is 0. The number of rotatable bonds is 8. The lowest BCUT2D eigenvalue weighted by Crippen LogP contribution is -2.49. The maximum atomic E-state index is 12.7. The predicted molar refractivity (Wildman–Crippen MR) is 128 cm³/mol. The van der Waals surface area contributed by atoms with E-state index >= 15 is 0 Å². The third kappa shape index (κ3) is 7.35. The van der Waals surface area contributed by atoms with Crippen molar-refractivity contribution in [2.24, 2.45) is 10.4 Å². The van der Waals surface area contributed by atoms with Gasteiger partial charge in [-0.15, -0.1) is 24.0 Å². The molecule has 0 bridgehead atoms. The molecule has 2 aliphatic carbocycles. The molecule has 7 heteroatoms. The Bertz CT molecular complexity index is 485. The van der Waals surface area contributed by atoms with Crippen LogP contribution >= 0.6 is 24.0 Å². The van der Waals surface area contributed by atoms with Gasteiger partial charge >= 0.3 is 0 Å². The lowest BCUT2D eigenvalue weighted by molar-refractivity contribution is -0.138. The molecule has 0 aliphatic heterocycles. The zero-order valence-corrected chi connectivity index (χ0v) is 20.8. The van der Waals surface area contributed by atoms with Gasteiger partial charge in [0.1, 0.15) is 0 Å². The number of nitrogens with one attached hydrogen (secondary N) is 2. The Hall–Kier alpha value is -0.570. The van der Waals surface area contributed by atoms with Gasteiger partial charge in [-0.2, -0.15) is 0 Å². The van der Waals surface area contributed by atoms with E-state index in [0.717, 1.165) is 57.2 Å². The number of halogens is 1. The van der Waals surface area contributed by atoms with Gasteiger partial charge in [-0.25, -0.2) is 0 Å². The molecule has 0 saturated heterocycles. The molecule has 2 fully saturated rings. The van der Waals surface area contributed by atoms with E-state index in [1.807, 2.05) is 14.1 Å². The first-order valence-electron chi connectivity index (χ1n) is 10.8. The van der Waals surface area contributed by atoms with Crippen molar-refractivity contribution in [1.29, 1.82) is 0 Å². The average molecular weight is 508 g/mol. The SMILES string of the molecule is CN=C(NCCCN(C)C1CCCCC1)NCC1(C(=O)N(C)C)CCCC1.I. The highest BCUT2D eigenvalue weighted by atomic mass is 127. The fraction of sp³-hybridized carbons (Fsp3) is 0.905. The summed E-state index contributed by atoms with van der Waals surface area (Å²) in [6.07, 6.45) is 12.2. The molecule has 0 spiro atoms. The fourth-order valence-corrected chi connectivity index (χ4v) is 4.71. The van der Waals surface area contributed by atoms with Crippen molar-refractivity contribution in [1.82, 2.24) is 20.4 Å². The molecule has 1 amide bonds. The highest BCUT2D eigenvalue weighted by molar-refractivity contribution is 14.0. The van der Waals surface area contributed by atoms with Gasteiger partial charge in [0.2, 0.25) is 5.91 Å². The Balaban J connectivity index is 0.00000392. The molecule has 0 radical (unpaired) electrons. The van der Waals surface area contributed by atoms with Crippen LogP contribution in [0.4, 0.5) is 0 Å². The van der Waals surface area contributed by atoms with E-state index in [-0.39, 0.29) is 35.3 Å². The molecule has 28 heavy (non-hydrogen) atoms. The highest BCUT2D eigenvalue weighted by Gasteiger charge is 2.42. The number of carbonyl (C=O) groups is 1. The van der Waals surface area contributed by atoms with Crippen molar-refractivity contribution in [3.05, 3.63) is 0 Å². The monoisotopic (exact) mass is 507 g/mol. The normalized spacial score (nSPS) is 20.0. The standard InChI is InChI=1S/C21H41N5O.HI/c1-22-20(23-15-10-16-26(4)18-11-6-5-7-12-18)24-17-21(13-8-9-14-21)19(27)25(2)3;/h18H,5-17H2,1-4H3,(H2,22,23,24);1H. The Kier molecular flexibility index (Phi) is 11.7. The molecule has 164 valence electrons. The largest absolute Gasteiger partial charge is 0.356 e. The molecule has 2 rings (SSSR count). The first-order chi connectivity index (χ1) is 13.0. The molecule has 0 aromatic heterocycles. The van der Waals surface area contributed by atoms with Crippen LogP contribution in [0.15, 0.2) is 4.99 Å². The summed E-state index contributed by atoms with van der Waals surface area (Å²) in [5, 5.41) is 6.84. The molecule has 0 atom stereocenters. The number of nitrogens with zero attached hydrogens (tertiary/aromatic N) is 3. The molecule has 2 N–H and O–H groups in total. The van der Waals surface area contributed by atoms with Crippen LogP contribution in [0, 0.1) is 5.41 Å². The van der Waals surface area contributed by atoms with Crippen molar-refractivity contribution in [3.8, 4) is 0 Å². The van der Waals surface area contributed by atoms with Gasteiger partial charge in [-0.3, -0.25) is 9.79 Å². The quantitative estimate of drug-likeness (QED) is 0.230. The van der Waals surface area contributed by atoms with E-state index in [1.165, 1.54) is 32.1 Å². The number of aliphatic imine (C=N–C) groups is 1. The van der Waals surface area contributed by atoms with E-state index in [4.69, 9.17) is 0 Å². The highest BCUT2D eigenvalue weighted by Crippen LogP contribution is 2.38. The third-order valence-electron chi connectivity index (χ3n) is 6.42. The number of carbonyl (C=O) groups excluding carboxylic acids is 1. The second-order valence-electron chi connectivity index (χ2n) is 8.67. The van der Waals surface area contributed by atoms with E-state index in [2.05, 4.69) is 27.6 Å². The minimum Gasteiger partial charge on any atom is -0.356 e. The molecule has 2 saturated carbocycles. The topological polar surface area (TPSA) is 60.0 Å². The van der Waals surface area contributed by atoms with Crippen molar-refractivity contribution in [2.45, 2.75) is 70.3 Å². The van der Waals surface area contributed by atoms with Crippen LogP contribution in [0.1, 0.15) is 64.2 Å². The predicted octanol–water partition coefficient (Wildman–Crippen LogP) is 3.07. The smallest absolute Gasteiger partial charge is 0.230 e. The maximum Gasteiger partial charge on any atom is 0.230 e. The third-order valence-corrected chi connectivity index (χ3v) is 6.42. The van der Waals surface area contributed by atoms with Crippen LogP contribution in [0.5, 0.6) is 0 Å². The van der Waals surface area contributed by atoms with Crippen molar-refractivity contribution < 1.29 is 4.79 Å².